The monoisotopic (exact) mass is 429 g/mol. The first-order valence-electron chi connectivity index (χ1n) is 8.86. The molecule has 7 nitrogen and oxygen atoms in total. The molecule has 2 heterocycles. The van der Waals surface area contributed by atoms with Crippen LogP contribution in [0.3, 0.4) is 0 Å². The third kappa shape index (κ3) is 4.27. The van der Waals surface area contributed by atoms with E-state index in [0.717, 1.165) is 38.5 Å². The van der Waals surface area contributed by atoms with Gasteiger partial charge in [-0.2, -0.15) is 18.2 Å². The molecule has 0 unspecified atom stereocenters. The SMILES string of the molecule is C=Cc1ccc(-c2cc3nc(N)nc(N)c3c3ccn(C)c23)cc1.O=C(O)C(F)(F)F. The first kappa shape index (κ1) is 21.6. The Labute approximate surface area is 174 Å². The molecule has 0 amide bonds. The van der Waals surface area contributed by atoms with Crippen molar-refractivity contribution in [3.63, 3.8) is 0 Å². The highest BCUT2D eigenvalue weighted by molar-refractivity contribution is 6.15. The maximum Gasteiger partial charge on any atom is 0.490 e. The first-order chi connectivity index (χ1) is 14.5. The van der Waals surface area contributed by atoms with Crippen molar-refractivity contribution in [2.75, 3.05) is 11.5 Å². The molecule has 0 aliphatic heterocycles. The van der Waals surface area contributed by atoms with Crippen LogP contribution in [0.4, 0.5) is 24.9 Å². The predicted molar refractivity (Wildman–Crippen MR) is 114 cm³/mol. The van der Waals surface area contributed by atoms with E-state index in [9.17, 15) is 13.2 Å². The van der Waals surface area contributed by atoms with Crippen LogP contribution in [0, 0.1) is 0 Å². The Morgan fingerprint density at radius 2 is 1.77 bits per heavy atom. The third-order valence-electron chi connectivity index (χ3n) is 4.56. The van der Waals surface area contributed by atoms with Crippen LogP contribution < -0.4 is 11.5 Å². The van der Waals surface area contributed by atoms with Crippen LogP contribution in [0.1, 0.15) is 5.56 Å². The molecule has 4 rings (SSSR count). The Morgan fingerprint density at radius 1 is 1.16 bits per heavy atom. The number of aryl methyl sites for hydroxylation is 1. The highest BCUT2D eigenvalue weighted by Crippen LogP contribution is 2.36. The Kier molecular flexibility index (Phi) is 5.56. The van der Waals surface area contributed by atoms with Crippen LogP contribution in [-0.4, -0.2) is 31.8 Å². The Bertz CT molecular complexity index is 1290. The van der Waals surface area contributed by atoms with Gasteiger partial charge in [-0.1, -0.05) is 36.9 Å². The lowest BCUT2D eigenvalue weighted by Gasteiger charge is -2.11. The summed E-state index contributed by atoms with van der Waals surface area (Å²) in [7, 11) is 2.02. The number of benzene rings is 2. The standard InChI is InChI=1S/C19H17N5.C2HF3O2/c1-3-11-4-6-12(7-5-11)14-10-15-16(18(20)23-19(21)22-15)13-8-9-24(2)17(13)14;3-2(4,5)1(6)7/h3-10H,1H2,2H3,(H4,20,21,22,23);(H,6,7). The number of alkyl halides is 3. The number of hydrogen-bond acceptors (Lipinski definition) is 5. The number of carbonyl (C=O) groups is 1. The van der Waals surface area contributed by atoms with Crippen molar-refractivity contribution in [2.24, 2.45) is 7.05 Å². The number of nitrogens with two attached hydrogens (primary N) is 2. The van der Waals surface area contributed by atoms with Gasteiger partial charge in [-0.3, -0.25) is 0 Å². The number of aromatic nitrogens is 3. The topological polar surface area (TPSA) is 120 Å². The van der Waals surface area contributed by atoms with Gasteiger partial charge < -0.3 is 21.1 Å². The number of anilines is 2. The van der Waals surface area contributed by atoms with Crippen molar-refractivity contribution >= 4 is 45.6 Å². The highest BCUT2D eigenvalue weighted by atomic mass is 19.4. The van der Waals surface area contributed by atoms with Gasteiger partial charge >= 0.3 is 12.1 Å². The second-order valence-electron chi connectivity index (χ2n) is 6.60. The predicted octanol–water partition coefficient (Wildman–Crippen LogP) is 4.23. The fourth-order valence-corrected chi connectivity index (χ4v) is 3.19. The lowest BCUT2D eigenvalue weighted by atomic mass is 9.99. The van der Waals surface area contributed by atoms with Gasteiger partial charge in [0.25, 0.3) is 0 Å². The second kappa shape index (κ2) is 7.98. The molecule has 4 aromatic rings. The summed E-state index contributed by atoms with van der Waals surface area (Å²) >= 11 is 0. The molecule has 5 N–H and O–H groups in total. The van der Waals surface area contributed by atoms with E-state index in [1.165, 1.54) is 0 Å². The maximum atomic E-state index is 10.6. The number of halogens is 3. The van der Waals surface area contributed by atoms with E-state index in [4.69, 9.17) is 21.4 Å². The zero-order valence-electron chi connectivity index (χ0n) is 16.3. The smallest absolute Gasteiger partial charge is 0.475 e. The molecule has 31 heavy (non-hydrogen) atoms. The first-order valence-corrected chi connectivity index (χ1v) is 8.86. The molecule has 0 spiro atoms. The molecular weight excluding hydrogens is 411 g/mol. The number of nitrogens with zero attached hydrogens (tertiary/aromatic N) is 3. The van der Waals surface area contributed by atoms with Crippen LogP contribution in [-0.2, 0) is 11.8 Å². The van der Waals surface area contributed by atoms with Gasteiger partial charge in [0.2, 0.25) is 5.95 Å². The molecule has 0 aliphatic rings. The minimum atomic E-state index is -5.08. The normalized spacial score (nSPS) is 11.2. The highest BCUT2D eigenvalue weighted by Gasteiger charge is 2.38. The summed E-state index contributed by atoms with van der Waals surface area (Å²) in [6.45, 7) is 3.80. The van der Waals surface area contributed by atoms with Gasteiger partial charge in [0.15, 0.2) is 0 Å². The molecule has 0 aliphatic carbocycles. The Morgan fingerprint density at radius 3 is 2.32 bits per heavy atom. The number of carboxylic acids is 1. The van der Waals surface area contributed by atoms with Gasteiger partial charge in [-0.15, -0.1) is 0 Å². The summed E-state index contributed by atoms with van der Waals surface area (Å²) in [5, 5.41) is 8.99. The maximum absolute atomic E-state index is 10.6. The Hall–Kier alpha value is -4.08. The third-order valence-corrected chi connectivity index (χ3v) is 4.56. The summed E-state index contributed by atoms with van der Waals surface area (Å²) in [6.07, 6.45) is -1.24. The molecule has 10 heteroatoms. The average molecular weight is 429 g/mol. The van der Waals surface area contributed by atoms with E-state index in [-0.39, 0.29) is 5.95 Å². The van der Waals surface area contributed by atoms with Crippen LogP contribution in [0.5, 0.6) is 0 Å². The molecule has 0 radical (unpaired) electrons. The largest absolute Gasteiger partial charge is 0.490 e. The van der Waals surface area contributed by atoms with Gasteiger partial charge in [0.1, 0.15) is 5.82 Å². The molecular formula is C21H18F3N5O2. The average Bonchev–Trinajstić information content (AvgIpc) is 3.08. The molecule has 0 saturated carbocycles. The van der Waals surface area contributed by atoms with E-state index < -0.39 is 12.1 Å². The fourth-order valence-electron chi connectivity index (χ4n) is 3.19. The van der Waals surface area contributed by atoms with Crippen LogP contribution in [0.2, 0.25) is 0 Å². The zero-order chi connectivity index (χ0) is 22.9. The number of rotatable bonds is 2. The summed E-state index contributed by atoms with van der Waals surface area (Å²) in [5.41, 5.74) is 17.0. The van der Waals surface area contributed by atoms with Crippen LogP contribution >= 0.6 is 0 Å². The van der Waals surface area contributed by atoms with Crippen molar-refractivity contribution in [2.45, 2.75) is 6.18 Å². The number of aliphatic carboxylic acids is 1. The van der Waals surface area contributed by atoms with Crippen LogP contribution in [0.25, 0.3) is 39.0 Å². The van der Waals surface area contributed by atoms with E-state index in [0.29, 0.717) is 5.82 Å². The number of nitrogen functional groups attached to an aromatic ring is 2. The van der Waals surface area contributed by atoms with Gasteiger partial charge in [0, 0.05) is 24.2 Å². The van der Waals surface area contributed by atoms with Crippen molar-refractivity contribution in [1.82, 2.24) is 14.5 Å². The van der Waals surface area contributed by atoms with Gasteiger partial charge in [-0.25, -0.2) is 9.78 Å². The molecule has 2 aromatic carbocycles. The molecule has 0 bridgehead atoms. The van der Waals surface area contributed by atoms with E-state index >= 15 is 0 Å². The lowest BCUT2D eigenvalue weighted by molar-refractivity contribution is -0.192. The molecule has 2 aromatic heterocycles. The summed E-state index contributed by atoms with van der Waals surface area (Å²) < 4.78 is 33.8. The quantitative estimate of drug-likeness (QED) is 0.439. The molecule has 160 valence electrons. The molecule has 0 saturated heterocycles. The van der Waals surface area contributed by atoms with Crippen molar-refractivity contribution in [3.8, 4) is 11.1 Å². The van der Waals surface area contributed by atoms with E-state index in [1.54, 1.807) is 0 Å². The number of fused-ring (bicyclic) bond motifs is 3. The summed E-state index contributed by atoms with van der Waals surface area (Å²) in [4.78, 5) is 17.4. The van der Waals surface area contributed by atoms with Crippen molar-refractivity contribution in [1.29, 1.82) is 0 Å². The lowest BCUT2D eigenvalue weighted by Crippen LogP contribution is -2.21. The number of carboxylic acid groups (broad SMARTS) is 1. The summed E-state index contributed by atoms with van der Waals surface area (Å²) in [5.74, 6) is -2.17. The zero-order valence-corrected chi connectivity index (χ0v) is 16.3. The summed E-state index contributed by atoms with van der Waals surface area (Å²) in [6, 6.07) is 12.3. The molecule has 0 atom stereocenters. The van der Waals surface area contributed by atoms with Crippen molar-refractivity contribution in [3.05, 3.63) is 54.7 Å². The Balaban J connectivity index is 0.000000339. The van der Waals surface area contributed by atoms with Crippen molar-refractivity contribution < 1.29 is 23.1 Å². The minimum Gasteiger partial charge on any atom is -0.475 e. The minimum absolute atomic E-state index is 0.184. The molecule has 0 fully saturated rings. The van der Waals surface area contributed by atoms with Gasteiger partial charge in [-0.05, 0) is 23.3 Å². The van der Waals surface area contributed by atoms with Crippen LogP contribution in [0.15, 0.2) is 49.2 Å². The van der Waals surface area contributed by atoms with E-state index in [2.05, 4.69) is 33.2 Å². The number of hydrogen-bond donors (Lipinski definition) is 3. The second-order valence-corrected chi connectivity index (χ2v) is 6.60. The fraction of sp³-hybridized carbons (Fsp3) is 0.0952. The van der Waals surface area contributed by atoms with Gasteiger partial charge in [0.05, 0.1) is 16.4 Å². The van der Waals surface area contributed by atoms with E-state index in [1.807, 2.05) is 43.6 Å².